The van der Waals surface area contributed by atoms with Gasteiger partial charge in [0, 0.05) is 10.5 Å². The zero-order valence-electron chi connectivity index (χ0n) is 10.7. The molecule has 9 heteroatoms. The third-order valence-corrected chi connectivity index (χ3v) is 4.13. The Kier molecular flexibility index (Phi) is 4.24. The van der Waals surface area contributed by atoms with Crippen LogP contribution in [0.2, 0.25) is 0 Å². The second-order valence-corrected chi connectivity index (χ2v) is 6.44. The Balaban J connectivity index is 2.32. The number of methoxy groups -OCH3 is 1. The maximum atomic E-state index is 12.1. The van der Waals surface area contributed by atoms with Gasteiger partial charge in [-0.1, -0.05) is 15.9 Å². The summed E-state index contributed by atoms with van der Waals surface area (Å²) < 4.78 is 36.9. The summed E-state index contributed by atoms with van der Waals surface area (Å²) in [5.41, 5.74) is 0.245. The van der Waals surface area contributed by atoms with Crippen molar-refractivity contribution in [3.8, 4) is 5.75 Å². The first-order valence-corrected chi connectivity index (χ1v) is 7.80. The lowest BCUT2D eigenvalue weighted by Crippen LogP contribution is -2.12. The molecule has 0 aliphatic rings. The van der Waals surface area contributed by atoms with Crippen LogP contribution in [0.15, 0.2) is 44.3 Å². The van der Waals surface area contributed by atoms with Crippen LogP contribution in [0.1, 0.15) is 10.6 Å². The van der Waals surface area contributed by atoms with Gasteiger partial charge in [0.25, 0.3) is 10.0 Å². The largest absolute Gasteiger partial charge is 0.497 e. The van der Waals surface area contributed by atoms with Crippen LogP contribution in [0.25, 0.3) is 0 Å². The fourth-order valence-electron chi connectivity index (χ4n) is 1.52. The van der Waals surface area contributed by atoms with Gasteiger partial charge >= 0.3 is 5.97 Å². The van der Waals surface area contributed by atoms with Crippen molar-refractivity contribution in [2.45, 2.75) is 5.09 Å². The van der Waals surface area contributed by atoms with Gasteiger partial charge < -0.3 is 14.3 Å². The fourth-order valence-corrected chi connectivity index (χ4v) is 2.97. The highest BCUT2D eigenvalue weighted by atomic mass is 79.9. The topological polar surface area (TPSA) is 106 Å². The number of rotatable bonds is 5. The zero-order valence-corrected chi connectivity index (χ0v) is 13.1. The summed E-state index contributed by atoms with van der Waals surface area (Å²) in [6.07, 6.45) is 0. The summed E-state index contributed by atoms with van der Waals surface area (Å²) in [5.74, 6) is -1.35. The van der Waals surface area contributed by atoms with E-state index in [4.69, 9.17) is 14.3 Å². The number of carboxylic acid groups (broad SMARTS) is 1. The van der Waals surface area contributed by atoms with E-state index in [1.54, 1.807) is 6.07 Å². The Labute approximate surface area is 128 Å². The molecule has 0 fully saturated rings. The number of ether oxygens (including phenoxy) is 1. The number of carbonyl (C=O) groups is 1. The van der Waals surface area contributed by atoms with E-state index < -0.39 is 26.8 Å². The summed E-state index contributed by atoms with van der Waals surface area (Å²) in [6.45, 7) is 0. The molecule has 21 heavy (non-hydrogen) atoms. The van der Waals surface area contributed by atoms with E-state index in [0.29, 0.717) is 10.2 Å². The van der Waals surface area contributed by atoms with Gasteiger partial charge in [0.15, 0.2) is 0 Å². The monoisotopic (exact) mass is 375 g/mol. The van der Waals surface area contributed by atoms with Crippen LogP contribution >= 0.6 is 15.9 Å². The smallest absolute Gasteiger partial charge is 0.371 e. The molecule has 0 spiro atoms. The van der Waals surface area contributed by atoms with Crippen LogP contribution in [-0.2, 0) is 10.0 Å². The molecule has 1 heterocycles. The van der Waals surface area contributed by atoms with E-state index in [9.17, 15) is 13.2 Å². The van der Waals surface area contributed by atoms with Gasteiger partial charge in [-0.25, -0.2) is 4.79 Å². The van der Waals surface area contributed by atoms with Gasteiger partial charge in [-0.15, -0.1) is 0 Å². The molecule has 1 aromatic heterocycles. The van der Waals surface area contributed by atoms with E-state index in [1.807, 2.05) is 0 Å². The SMILES string of the molecule is COc1cc(Br)cc(NS(=O)(=O)c2ccc(C(=O)O)o2)c1. The van der Waals surface area contributed by atoms with E-state index in [-0.39, 0.29) is 5.69 Å². The summed E-state index contributed by atoms with van der Waals surface area (Å²) in [4.78, 5) is 10.7. The van der Waals surface area contributed by atoms with Crippen molar-refractivity contribution >= 4 is 37.6 Å². The Bertz CT molecular complexity index is 783. The average Bonchev–Trinajstić information content (AvgIpc) is 2.87. The summed E-state index contributed by atoms with van der Waals surface area (Å²) in [7, 11) is -2.57. The zero-order chi connectivity index (χ0) is 15.6. The molecule has 2 N–H and O–H groups in total. The van der Waals surface area contributed by atoms with Crippen molar-refractivity contribution in [3.05, 3.63) is 40.6 Å². The van der Waals surface area contributed by atoms with Crippen LogP contribution in [0.4, 0.5) is 5.69 Å². The van der Waals surface area contributed by atoms with E-state index >= 15 is 0 Å². The van der Waals surface area contributed by atoms with Crippen LogP contribution < -0.4 is 9.46 Å². The number of aromatic carboxylic acids is 1. The number of furan rings is 1. The molecule has 0 bridgehead atoms. The molecule has 0 radical (unpaired) electrons. The van der Waals surface area contributed by atoms with Crippen molar-refractivity contribution in [2.24, 2.45) is 0 Å². The van der Waals surface area contributed by atoms with Gasteiger partial charge in [-0.3, -0.25) is 4.72 Å². The standard InChI is InChI=1S/C12H10BrNO6S/c1-19-9-5-7(13)4-8(6-9)14-21(17,18)11-3-2-10(20-11)12(15)16/h2-6,14H,1H3,(H,15,16). The first kappa shape index (κ1) is 15.4. The minimum atomic E-state index is -4.02. The Morgan fingerprint density at radius 1 is 1.33 bits per heavy atom. The molecule has 0 aliphatic heterocycles. The Hall–Kier alpha value is -2.00. The number of halogens is 1. The number of carboxylic acids is 1. The van der Waals surface area contributed by atoms with Crippen molar-refractivity contribution in [1.29, 1.82) is 0 Å². The molecular weight excluding hydrogens is 366 g/mol. The number of anilines is 1. The normalized spacial score (nSPS) is 11.1. The molecule has 0 saturated carbocycles. The van der Waals surface area contributed by atoms with E-state index in [1.165, 1.54) is 19.2 Å². The van der Waals surface area contributed by atoms with Gasteiger partial charge in [0.05, 0.1) is 12.8 Å². The quantitative estimate of drug-likeness (QED) is 0.831. The van der Waals surface area contributed by atoms with Crippen LogP contribution in [-0.4, -0.2) is 26.6 Å². The van der Waals surface area contributed by atoms with E-state index in [0.717, 1.165) is 12.1 Å². The van der Waals surface area contributed by atoms with Gasteiger partial charge in [0.2, 0.25) is 10.9 Å². The lowest BCUT2D eigenvalue weighted by molar-refractivity contribution is 0.0656. The number of nitrogens with one attached hydrogen (secondary N) is 1. The van der Waals surface area contributed by atoms with Crippen LogP contribution in [0.3, 0.4) is 0 Å². The number of benzene rings is 1. The first-order valence-electron chi connectivity index (χ1n) is 5.52. The van der Waals surface area contributed by atoms with Crippen molar-refractivity contribution in [1.82, 2.24) is 0 Å². The lowest BCUT2D eigenvalue weighted by atomic mass is 10.3. The molecule has 2 aromatic rings. The highest BCUT2D eigenvalue weighted by molar-refractivity contribution is 9.10. The summed E-state index contributed by atoms with van der Waals surface area (Å²) in [5, 5.41) is 8.24. The number of hydrogen-bond donors (Lipinski definition) is 2. The lowest BCUT2D eigenvalue weighted by Gasteiger charge is -2.08. The highest BCUT2D eigenvalue weighted by Crippen LogP contribution is 2.26. The summed E-state index contributed by atoms with van der Waals surface area (Å²) >= 11 is 3.22. The number of sulfonamides is 1. The van der Waals surface area contributed by atoms with Crippen molar-refractivity contribution in [2.75, 3.05) is 11.8 Å². The third kappa shape index (κ3) is 3.56. The van der Waals surface area contributed by atoms with Gasteiger partial charge in [-0.2, -0.15) is 8.42 Å². The third-order valence-electron chi connectivity index (χ3n) is 2.42. The van der Waals surface area contributed by atoms with Crippen molar-refractivity contribution < 1.29 is 27.5 Å². The molecular formula is C12H10BrNO6S. The molecule has 112 valence electrons. The molecule has 7 nitrogen and oxygen atoms in total. The highest BCUT2D eigenvalue weighted by Gasteiger charge is 2.21. The molecule has 2 rings (SSSR count). The summed E-state index contributed by atoms with van der Waals surface area (Å²) in [6, 6.07) is 6.80. The van der Waals surface area contributed by atoms with Gasteiger partial charge in [-0.05, 0) is 24.3 Å². The molecule has 0 amide bonds. The minimum absolute atomic E-state index is 0.245. The molecule has 0 atom stereocenters. The minimum Gasteiger partial charge on any atom is -0.497 e. The van der Waals surface area contributed by atoms with Gasteiger partial charge in [0.1, 0.15) is 5.75 Å². The van der Waals surface area contributed by atoms with E-state index in [2.05, 4.69) is 20.7 Å². The Morgan fingerprint density at radius 3 is 2.62 bits per heavy atom. The average molecular weight is 376 g/mol. The second kappa shape index (κ2) is 5.78. The maximum Gasteiger partial charge on any atom is 0.371 e. The van der Waals surface area contributed by atoms with Crippen LogP contribution in [0.5, 0.6) is 5.75 Å². The van der Waals surface area contributed by atoms with Crippen LogP contribution in [0, 0.1) is 0 Å². The predicted molar refractivity (Wildman–Crippen MR) is 77.2 cm³/mol. The fraction of sp³-hybridized carbons (Fsp3) is 0.0833. The predicted octanol–water partition coefficient (Wildman–Crippen LogP) is 2.55. The first-order chi connectivity index (χ1) is 9.81. The maximum absolute atomic E-state index is 12.1. The second-order valence-electron chi connectivity index (χ2n) is 3.91. The Morgan fingerprint density at radius 2 is 2.05 bits per heavy atom. The molecule has 0 aliphatic carbocycles. The van der Waals surface area contributed by atoms with Crippen molar-refractivity contribution in [3.63, 3.8) is 0 Å². The molecule has 0 saturated heterocycles. The molecule has 1 aromatic carbocycles. The number of hydrogen-bond acceptors (Lipinski definition) is 5. The molecule has 0 unspecified atom stereocenters.